The summed E-state index contributed by atoms with van der Waals surface area (Å²) in [6.07, 6.45) is 29.2. The van der Waals surface area contributed by atoms with Crippen molar-refractivity contribution in [3.05, 3.63) is 60.8 Å². The van der Waals surface area contributed by atoms with Crippen LogP contribution in [0.5, 0.6) is 0 Å². The van der Waals surface area contributed by atoms with Crippen molar-refractivity contribution in [2.75, 3.05) is 13.2 Å². The summed E-state index contributed by atoms with van der Waals surface area (Å²) < 4.78 is 33.2. The van der Waals surface area contributed by atoms with Crippen molar-refractivity contribution in [2.24, 2.45) is 0 Å². The van der Waals surface area contributed by atoms with Gasteiger partial charge < -0.3 is 39.9 Å². The van der Waals surface area contributed by atoms with E-state index in [-0.39, 0.29) is 6.42 Å². The SMILES string of the molecule is CCCCC/C=C/C/C=C/C/C=C/CCCCC(=O)O[C@H](COC(=O)/C=C/C=C/CCCCCCCCCCCCC)COP(=O)(O)OC1C(O)C(O)C(O)[C@@H](O)C1O. The monoisotopic (exact) mass is 857 g/mol. The Morgan fingerprint density at radius 1 is 0.576 bits per heavy atom. The highest BCUT2D eigenvalue weighted by molar-refractivity contribution is 7.47. The van der Waals surface area contributed by atoms with Gasteiger partial charge in [-0.25, -0.2) is 9.36 Å². The normalized spacial score (nSPS) is 22.9. The molecule has 8 atom stereocenters. The zero-order valence-electron chi connectivity index (χ0n) is 35.8. The third-order valence-corrected chi connectivity index (χ3v) is 10.9. The topological polar surface area (TPSA) is 210 Å². The van der Waals surface area contributed by atoms with Gasteiger partial charge in [0.05, 0.1) is 6.61 Å². The fourth-order valence-electron chi connectivity index (χ4n) is 6.32. The Labute approximate surface area is 353 Å². The van der Waals surface area contributed by atoms with Gasteiger partial charge in [0.15, 0.2) is 6.10 Å². The number of aliphatic hydroxyl groups is 5. The van der Waals surface area contributed by atoms with Crippen LogP contribution in [0.1, 0.15) is 155 Å². The van der Waals surface area contributed by atoms with Crippen LogP contribution in [0.3, 0.4) is 0 Å². The van der Waals surface area contributed by atoms with Crippen LogP contribution >= 0.6 is 7.82 Å². The molecule has 0 saturated heterocycles. The van der Waals surface area contributed by atoms with Crippen LogP contribution in [-0.4, -0.2) is 98.3 Å². The van der Waals surface area contributed by atoms with Crippen LogP contribution in [0.4, 0.5) is 0 Å². The van der Waals surface area contributed by atoms with Gasteiger partial charge in [-0.2, -0.15) is 0 Å². The van der Waals surface area contributed by atoms with Crippen LogP contribution in [0.25, 0.3) is 0 Å². The highest BCUT2D eigenvalue weighted by atomic mass is 31.2. The van der Waals surface area contributed by atoms with E-state index in [1.54, 1.807) is 6.08 Å². The molecular weight excluding hydrogens is 779 g/mol. The lowest BCUT2D eigenvalue weighted by atomic mass is 9.85. The Bertz CT molecular complexity index is 1270. The summed E-state index contributed by atoms with van der Waals surface area (Å²) in [6, 6.07) is 0. The lowest BCUT2D eigenvalue weighted by Crippen LogP contribution is -2.64. The molecule has 0 bridgehead atoms. The fourth-order valence-corrected chi connectivity index (χ4v) is 7.30. The molecule has 1 saturated carbocycles. The van der Waals surface area contributed by atoms with Crippen LogP contribution in [-0.2, 0) is 32.7 Å². The summed E-state index contributed by atoms with van der Waals surface area (Å²) in [5, 5.41) is 50.0. The van der Waals surface area contributed by atoms with Gasteiger partial charge in [0.2, 0.25) is 0 Å². The third-order valence-electron chi connectivity index (χ3n) is 9.94. The number of phosphoric acid groups is 1. The first-order chi connectivity index (χ1) is 28.4. The molecule has 0 aromatic rings. The number of aliphatic hydroxyl groups excluding tert-OH is 5. The van der Waals surface area contributed by atoms with E-state index in [1.807, 2.05) is 12.2 Å². The molecule has 0 spiro atoms. The van der Waals surface area contributed by atoms with Crippen LogP contribution in [0.2, 0.25) is 0 Å². The molecule has 6 N–H and O–H groups in total. The molecular formula is C45H77O13P. The summed E-state index contributed by atoms with van der Waals surface area (Å²) in [4.78, 5) is 35.5. The second kappa shape index (κ2) is 35.2. The number of rotatable bonds is 35. The number of hydrogen-bond acceptors (Lipinski definition) is 12. The van der Waals surface area contributed by atoms with E-state index >= 15 is 0 Å². The van der Waals surface area contributed by atoms with Crippen molar-refractivity contribution in [3.63, 3.8) is 0 Å². The molecule has 0 aromatic carbocycles. The van der Waals surface area contributed by atoms with Gasteiger partial charge in [0.25, 0.3) is 0 Å². The van der Waals surface area contributed by atoms with Crippen LogP contribution in [0, 0.1) is 0 Å². The summed E-state index contributed by atoms with van der Waals surface area (Å²) in [5.41, 5.74) is 0. The average molecular weight is 857 g/mol. The van der Waals surface area contributed by atoms with Crippen molar-refractivity contribution >= 4 is 19.8 Å². The Balaban J connectivity index is 2.57. The Hall–Kier alpha value is -2.45. The summed E-state index contributed by atoms with van der Waals surface area (Å²) in [7, 11) is -5.15. The van der Waals surface area contributed by atoms with Gasteiger partial charge in [-0.3, -0.25) is 13.8 Å². The number of phosphoric ester groups is 1. The second-order valence-corrected chi connectivity index (χ2v) is 16.7. The Morgan fingerprint density at radius 2 is 1.03 bits per heavy atom. The summed E-state index contributed by atoms with van der Waals surface area (Å²) in [6.45, 7) is 3.11. The quantitative estimate of drug-likeness (QED) is 0.00889. The zero-order valence-corrected chi connectivity index (χ0v) is 36.7. The number of carbonyl (C=O) groups is 2. The molecule has 1 aliphatic carbocycles. The molecule has 0 radical (unpaired) electrons. The van der Waals surface area contributed by atoms with Crippen molar-refractivity contribution in [3.8, 4) is 0 Å². The summed E-state index contributed by atoms with van der Waals surface area (Å²) in [5.74, 6) is -1.40. The average Bonchev–Trinajstić information content (AvgIpc) is 3.21. The molecule has 0 amide bonds. The maximum atomic E-state index is 12.8. The predicted molar refractivity (Wildman–Crippen MR) is 230 cm³/mol. The number of esters is 2. The summed E-state index contributed by atoms with van der Waals surface area (Å²) >= 11 is 0. The minimum Gasteiger partial charge on any atom is -0.458 e. The molecule has 1 fully saturated rings. The first-order valence-corrected chi connectivity index (χ1v) is 23.6. The van der Waals surface area contributed by atoms with E-state index in [1.165, 1.54) is 89.2 Å². The lowest BCUT2D eigenvalue weighted by Gasteiger charge is -2.41. The number of allylic oxidation sites excluding steroid dienone is 9. The van der Waals surface area contributed by atoms with E-state index in [9.17, 15) is 44.6 Å². The van der Waals surface area contributed by atoms with E-state index < -0.39 is 75.7 Å². The lowest BCUT2D eigenvalue weighted by molar-refractivity contribution is -0.220. The Morgan fingerprint density at radius 3 is 1.61 bits per heavy atom. The van der Waals surface area contributed by atoms with Gasteiger partial charge in [-0.1, -0.05) is 146 Å². The van der Waals surface area contributed by atoms with Crippen LogP contribution < -0.4 is 0 Å². The molecule has 6 unspecified atom stereocenters. The number of unbranched alkanes of at least 4 members (excludes halogenated alkanes) is 16. The maximum Gasteiger partial charge on any atom is 0.472 e. The molecule has 0 aliphatic heterocycles. The number of carbonyl (C=O) groups excluding carboxylic acids is 2. The smallest absolute Gasteiger partial charge is 0.458 e. The first-order valence-electron chi connectivity index (χ1n) is 22.1. The third kappa shape index (κ3) is 27.9. The largest absolute Gasteiger partial charge is 0.472 e. The molecule has 13 nitrogen and oxygen atoms in total. The van der Waals surface area contributed by atoms with Crippen molar-refractivity contribution in [2.45, 2.75) is 198 Å². The zero-order chi connectivity index (χ0) is 43.6. The van der Waals surface area contributed by atoms with E-state index in [4.69, 9.17) is 18.5 Å². The van der Waals surface area contributed by atoms with Gasteiger partial charge in [-0.05, 0) is 57.8 Å². The predicted octanol–water partition coefficient (Wildman–Crippen LogP) is 8.16. The highest BCUT2D eigenvalue weighted by Gasteiger charge is 2.51. The molecule has 1 aliphatic rings. The van der Waals surface area contributed by atoms with E-state index in [2.05, 4.69) is 44.2 Å². The van der Waals surface area contributed by atoms with E-state index in [0.29, 0.717) is 12.8 Å². The molecule has 0 heterocycles. The minimum atomic E-state index is -5.15. The standard InChI is InChI=1S/C45H77O13P/c1-3-5-7-9-11-13-15-17-19-21-23-25-27-29-31-33-38(46)55-35-37(36-56-59(53,54)58-45-43(51)41(49)40(48)42(50)44(45)52)57-39(47)34-32-30-28-26-24-22-20-18-16-14-12-10-8-6-4-2/h12,14,18,20,24,26-27,29,31,33,37,40-45,48-52H,3-11,13,15-17,19,21-23,25,28,30,32,34-36H2,1-2H3,(H,53,54)/b14-12+,20-18+,26-24+,29-27+,33-31+/t37-,40?,41-,42?,43?,44?,45?/m1/s1. The molecule has 59 heavy (non-hydrogen) atoms. The first kappa shape index (κ1) is 54.6. The van der Waals surface area contributed by atoms with E-state index in [0.717, 1.165) is 44.9 Å². The number of ether oxygens (including phenoxy) is 2. The molecule has 14 heteroatoms. The van der Waals surface area contributed by atoms with Crippen molar-refractivity contribution < 1.29 is 63.1 Å². The van der Waals surface area contributed by atoms with Gasteiger partial charge in [0, 0.05) is 12.5 Å². The van der Waals surface area contributed by atoms with Crippen molar-refractivity contribution in [1.82, 2.24) is 0 Å². The van der Waals surface area contributed by atoms with Crippen LogP contribution in [0.15, 0.2) is 60.8 Å². The molecule has 0 aromatic heterocycles. The van der Waals surface area contributed by atoms with Gasteiger partial charge in [0.1, 0.15) is 43.2 Å². The molecule has 1 rings (SSSR count). The van der Waals surface area contributed by atoms with Gasteiger partial charge in [-0.15, -0.1) is 0 Å². The van der Waals surface area contributed by atoms with Gasteiger partial charge >= 0.3 is 19.8 Å². The Kier molecular flexibility index (Phi) is 32.5. The highest BCUT2D eigenvalue weighted by Crippen LogP contribution is 2.47. The minimum absolute atomic E-state index is 0.0262. The second-order valence-electron chi connectivity index (χ2n) is 15.3. The van der Waals surface area contributed by atoms with Crippen molar-refractivity contribution in [1.29, 1.82) is 0 Å². The maximum absolute atomic E-state index is 12.8. The molecule has 340 valence electrons. The number of hydrogen-bond donors (Lipinski definition) is 6. The fraction of sp³-hybridized carbons (Fsp3) is 0.733.